The van der Waals surface area contributed by atoms with Crippen molar-refractivity contribution >= 4 is 32.6 Å². The van der Waals surface area contributed by atoms with Crippen LogP contribution in [0, 0.1) is 0 Å². The van der Waals surface area contributed by atoms with Crippen molar-refractivity contribution in [3.05, 3.63) is 30.2 Å². The van der Waals surface area contributed by atoms with Crippen LogP contribution >= 0.6 is 11.3 Å². The van der Waals surface area contributed by atoms with Gasteiger partial charge in [-0.2, -0.15) is 0 Å². The van der Waals surface area contributed by atoms with E-state index in [1.54, 1.807) is 25.2 Å². The van der Waals surface area contributed by atoms with Crippen LogP contribution in [0.1, 0.15) is 24.4 Å². The zero-order valence-corrected chi connectivity index (χ0v) is 17.3. The minimum atomic E-state index is -0.276. The van der Waals surface area contributed by atoms with Gasteiger partial charge in [0.05, 0.1) is 20.4 Å². The van der Waals surface area contributed by atoms with E-state index in [2.05, 4.69) is 23.9 Å². The van der Waals surface area contributed by atoms with Gasteiger partial charge in [-0.25, -0.2) is 4.98 Å². The van der Waals surface area contributed by atoms with Gasteiger partial charge in [0, 0.05) is 19.2 Å². The van der Waals surface area contributed by atoms with Crippen LogP contribution in [0.15, 0.2) is 28.9 Å². The summed E-state index contributed by atoms with van der Waals surface area (Å²) in [7, 11) is 3.20. The monoisotopic (exact) mass is 404 g/mol. The van der Waals surface area contributed by atoms with Gasteiger partial charge in [-0.05, 0) is 25.2 Å². The van der Waals surface area contributed by atoms with Gasteiger partial charge in [-0.3, -0.25) is 9.69 Å². The largest absolute Gasteiger partial charge is 0.495 e. The summed E-state index contributed by atoms with van der Waals surface area (Å²) in [6.45, 7) is 7.20. The Morgan fingerprint density at radius 1 is 1.11 bits per heavy atom. The lowest BCUT2D eigenvalue weighted by Gasteiger charge is -2.23. The Labute approximate surface area is 167 Å². The number of hydrogen-bond donors (Lipinski definition) is 0. The second kappa shape index (κ2) is 9.03. The summed E-state index contributed by atoms with van der Waals surface area (Å²) < 4.78 is 16.8. The topological polar surface area (TPSA) is 80.9 Å². The average molecular weight is 404 g/mol. The van der Waals surface area contributed by atoms with Crippen LogP contribution in [0.3, 0.4) is 0 Å². The molecule has 2 heterocycles. The highest BCUT2D eigenvalue weighted by molar-refractivity contribution is 7.22. The van der Waals surface area contributed by atoms with E-state index in [9.17, 15) is 4.79 Å². The smallest absolute Gasteiger partial charge is 0.298 e. The van der Waals surface area contributed by atoms with Gasteiger partial charge in [0.2, 0.25) is 5.76 Å². The molecular weight excluding hydrogens is 380 g/mol. The Morgan fingerprint density at radius 3 is 2.43 bits per heavy atom. The first-order valence-corrected chi connectivity index (χ1v) is 9.90. The van der Waals surface area contributed by atoms with Crippen molar-refractivity contribution < 1.29 is 18.8 Å². The van der Waals surface area contributed by atoms with Crippen LogP contribution in [0.2, 0.25) is 0 Å². The van der Waals surface area contributed by atoms with E-state index in [0.29, 0.717) is 28.7 Å². The summed E-state index contributed by atoms with van der Waals surface area (Å²) >= 11 is 1.39. The first-order valence-electron chi connectivity index (χ1n) is 9.09. The molecule has 0 atom stereocenters. The predicted molar refractivity (Wildman–Crippen MR) is 109 cm³/mol. The van der Waals surface area contributed by atoms with E-state index in [4.69, 9.17) is 19.0 Å². The van der Waals surface area contributed by atoms with Gasteiger partial charge in [0.25, 0.3) is 5.91 Å². The molecule has 8 nitrogen and oxygen atoms in total. The number of carbonyl (C=O) groups is 1. The number of anilines is 1. The number of hydrogen-bond acceptors (Lipinski definition) is 8. The van der Waals surface area contributed by atoms with Crippen LogP contribution in [0.5, 0.6) is 11.5 Å². The van der Waals surface area contributed by atoms with Crippen molar-refractivity contribution in [1.29, 1.82) is 0 Å². The molecular formula is C19H24N4O4S. The molecule has 0 saturated heterocycles. The van der Waals surface area contributed by atoms with Gasteiger partial charge >= 0.3 is 0 Å². The zero-order valence-electron chi connectivity index (χ0n) is 16.5. The molecule has 28 heavy (non-hydrogen) atoms. The number of rotatable bonds is 9. The molecule has 0 aliphatic heterocycles. The van der Waals surface area contributed by atoms with Crippen LogP contribution in [-0.2, 0) is 0 Å². The minimum absolute atomic E-state index is 0.178. The first kappa shape index (κ1) is 20.1. The molecule has 3 aromatic rings. The standard InChI is InChI=1S/C19H24N4O4S/c1-5-22(6-2)11-12-23(18(24)15-9-10-20-27-15)19-21-16-13(25-3)7-8-14(26-4)17(16)28-19/h7-10H,5-6,11-12H2,1-4H3. The van der Waals surface area contributed by atoms with Crippen molar-refractivity contribution in [2.75, 3.05) is 45.3 Å². The normalized spacial score (nSPS) is 11.2. The Morgan fingerprint density at radius 2 is 1.82 bits per heavy atom. The summed E-state index contributed by atoms with van der Waals surface area (Å²) in [5, 5.41) is 4.22. The summed E-state index contributed by atoms with van der Waals surface area (Å²) in [5.74, 6) is 1.23. The van der Waals surface area contributed by atoms with Gasteiger partial charge in [-0.1, -0.05) is 30.3 Å². The highest BCUT2D eigenvalue weighted by Gasteiger charge is 2.26. The maximum atomic E-state index is 13.1. The summed E-state index contributed by atoms with van der Waals surface area (Å²) in [4.78, 5) is 21.6. The number of carbonyl (C=O) groups excluding carboxylic acids is 1. The molecule has 0 spiro atoms. The summed E-state index contributed by atoms with van der Waals surface area (Å²) in [6, 6.07) is 5.20. The summed E-state index contributed by atoms with van der Waals surface area (Å²) in [5.41, 5.74) is 0.667. The molecule has 9 heteroatoms. The average Bonchev–Trinajstić information content (AvgIpc) is 3.40. The van der Waals surface area contributed by atoms with E-state index in [0.717, 1.165) is 24.3 Å². The van der Waals surface area contributed by atoms with E-state index in [1.807, 2.05) is 12.1 Å². The lowest BCUT2D eigenvalue weighted by molar-refractivity contribution is 0.0948. The third kappa shape index (κ3) is 3.95. The lowest BCUT2D eigenvalue weighted by atomic mass is 10.3. The second-order valence-electron chi connectivity index (χ2n) is 6.00. The molecule has 0 aliphatic carbocycles. The fourth-order valence-corrected chi connectivity index (χ4v) is 4.01. The molecule has 1 amide bonds. The van der Waals surface area contributed by atoms with E-state index >= 15 is 0 Å². The highest BCUT2D eigenvalue weighted by Crippen LogP contribution is 2.40. The molecule has 0 N–H and O–H groups in total. The maximum absolute atomic E-state index is 13.1. The number of amides is 1. The fourth-order valence-electron chi connectivity index (χ4n) is 2.91. The molecule has 3 rings (SSSR count). The zero-order chi connectivity index (χ0) is 20.1. The molecule has 0 fully saturated rings. The van der Waals surface area contributed by atoms with Gasteiger partial charge < -0.3 is 18.9 Å². The van der Waals surface area contributed by atoms with E-state index in [-0.39, 0.29) is 11.7 Å². The molecule has 2 aromatic heterocycles. The van der Waals surface area contributed by atoms with Crippen molar-refractivity contribution in [3.8, 4) is 11.5 Å². The molecule has 1 aromatic carbocycles. The van der Waals surface area contributed by atoms with E-state index in [1.165, 1.54) is 17.5 Å². The second-order valence-corrected chi connectivity index (χ2v) is 6.98. The molecule has 0 bridgehead atoms. The number of benzene rings is 1. The fraction of sp³-hybridized carbons (Fsp3) is 0.421. The lowest BCUT2D eigenvalue weighted by Crippen LogP contribution is -2.38. The van der Waals surface area contributed by atoms with Crippen molar-refractivity contribution in [2.45, 2.75) is 13.8 Å². The van der Waals surface area contributed by atoms with Crippen LogP contribution in [0.4, 0.5) is 5.13 Å². The third-order valence-electron chi connectivity index (χ3n) is 4.56. The summed E-state index contributed by atoms with van der Waals surface area (Å²) in [6.07, 6.45) is 1.46. The first-order chi connectivity index (χ1) is 13.6. The third-order valence-corrected chi connectivity index (χ3v) is 5.65. The Hall–Kier alpha value is -2.65. The van der Waals surface area contributed by atoms with Crippen molar-refractivity contribution in [1.82, 2.24) is 15.0 Å². The maximum Gasteiger partial charge on any atom is 0.298 e. The Bertz CT molecular complexity index is 881. The van der Waals surface area contributed by atoms with Crippen molar-refractivity contribution in [2.24, 2.45) is 0 Å². The molecule has 0 radical (unpaired) electrons. The van der Waals surface area contributed by atoms with Crippen LogP contribution in [0.25, 0.3) is 10.2 Å². The SMILES string of the molecule is CCN(CC)CCN(C(=O)c1ccno1)c1nc2c(OC)ccc(OC)c2s1. The number of likely N-dealkylation sites (N-methyl/N-ethyl adjacent to an activating group) is 1. The number of fused-ring (bicyclic) bond motifs is 1. The number of ether oxygens (including phenoxy) is 2. The van der Waals surface area contributed by atoms with Crippen LogP contribution < -0.4 is 14.4 Å². The van der Waals surface area contributed by atoms with Gasteiger partial charge in [0.1, 0.15) is 21.7 Å². The predicted octanol–water partition coefficient (Wildman–Crippen LogP) is 3.29. The Balaban J connectivity index is 2.02. The van der Waals surface area contributed by atoms with Gasteiger partial charge in [-0.15, -0.1) is 0 Å². The molecule has 0 saturated carbocycles. The molecule has 150 valence electrons. The highest BCUT2D eigenvalue weighted by atomic mass is 32.1. The molecule has 0 aliphatic rings. The number of nitrogens with zero attached hydrogens (tertiary/aromatic N) is 4. The number of aromatic nitrogens is 2. The molecule has 0 unspecified atom stereocenters. The van der Waals surface area contributed by atoms with Crippen LogP contribution in [-0.4, -0.2) is 61.3 Å². The van der Waals surface area contributed by atoms with E-state index < -0.39 is 0 Å². The Kier molecular flexibility index (Phi) is 6.48. The number of thiazole rings is 1. The minimum Gasteiger partial charge on any atom is -0.495 e. The number of methoxy groups -OCH3 is 2. The van der Waals surface area contributed by atoms with Crippen molar-refractivity contribution in [3.63, 3.8) is 0 Å². The quantitative estimate of drug-likeness (QED) is 0.541. The van der Waals surface area contributed by atoms with Gasteiger partial charge in [0.15, 0.2) is 5.13 Å².